The number of ketones is 2. The lowest BCUT2D eigenvalue weighted by Crippen LogP contribution is -2.60. The molecule has 1 saturated carbocycles. The maximum Gasteiger partial charge on any atom is 0.306 e. The number of esters is 1. The second kappa shape index (κ2) is 13.8. The standard InChI is InChI=1S/C34H54O6/c1-7-8-9-10-11-12-13-14-15-16-17-19-23(35)40-31-25-26(29(38)28(37)24(22(2)3)27(25)36)34(6)21-18-20-33(4,5)32(34)30(31)39/h22,30-32,36,39H,7-21H2,1-6H3/t30-,31+,32+,34-/m1/s1. The number of hydrogen-bond donors (Lipinski definition) is 2. The Morgan fingerprint density at radius 3 is 2.00 bits per heavy atom. The number of unbranched alkanes of at least 4 members (excludes halogenated alkanes) is 10. The van der Waals surface area contributed by atoms with Crippen molar-refractivity contribution in [2.45, 2.75) is 150 Å². The molecule has 40 heavy (non-hydrogen) atoms. The zero-order chi connectivity index (χ0) is 29.7. The van der Waals surface area contributed by atoms with E-state index in [2.05, 4.69) is 20.8 Å². The van der Waals surface area contributed by atoms with Crippen molar-refractivity contribution < 1.29 is 29.3 Å². The molecule has 0 unspecified atom stereocenters. The normalized spacial score (nSPS) is 28.1. The molecule has 1 fully saturated rings. The highest BCUT2D eigenvalue weighted by atomic mass is 16.6. The van der Waals surface area contributed by atoms with Crippen molar-refractivity contribution in [3.63, 3.8) is 0 Å². The molecular formula is C34H54O6. The molecule has 4 atom stereocenters. The van der Waals surface area contributed by atoms with E-state index in [-0.39, 0.29) is 40.2 Å². The van der Waals surface area contributed by atoms with Crippen LogP contribution in [-0.2, 0) is 19.1 Å². The van der Waals surface area contributed by atoms with Gasteiger partial charge < -0.3 is 14.9 Å². The Hall–Kier alpha value is -1.95. The Bertz CT molecular complexity index is 1000. The van der Waals surface area contributed by atoms with Crippen molar-refractivity contribution in [3.05, 3.63) is 22.5 Å². The maximum atomic E-state index is 13.6. The summed E-state index contributed by atoms with van der Waals surface area (Å²) in [5.74, 6) is -2.81. The van der Waals surface area contributed by atoms with E-state index in [1.807, 2.05) is 6.92 Å². The molecule has 0 saturated heterocycles. The number of Topliss-reactive ketones (excluding diaryl/α,β-unsaturated/α-hetero) is 2. The summed E-state index contributed by atoms with van der Waals surface area (Å²) in [4.78, 5) is 39.9. The number of carbonyl (C=O) groups is 3. The smallest absolute Gasteiger partial charge is 0.306 e. The lowest BCUT2D eigenvalue weighted by molar-refractivity contribution is -0.168. The number of aliphatic hydroxyl groups is 2. The fourth-order valence-corrected chi connectivity index (χ4v) is 7.92. The van der Waals surface area contributed by atoms with E-state index < -0.39 is 41.1 Å². The van der Waals surface area contributed by atoms with Gasteiger partial charge in [0.25, 0.3) is 0 Å². The molecule has 0 bridgehead atoms. The minimum absolute atomic E-state index is 0.0412. The first kappa shape index (κ1) is 32.6. The number of hydrogen-bond acceptors (Lipinski definition) is 6. The van der Waals surface area contributed by atoms with Crippen LogP contribution in [0.15, 0.2) is 22.5 Å². The molecule has 3 aliphatic carbocycles. The molecular weight excluding hydrogens is 504 g/mol. The number of aliphatic hydroxyl groups excluding tert-OH is 2. The molecule has 0 aromatic rings. The van der Waals surface area contributed by atoms with Gasteiger partial charge in [0.1, 0.15) is 5.76 Å². The Morgan fingerprint density at radius 1 is 0.900 bits per heavy atom. The summed E-state index contributed by atoms with van der Waals surface area (Å²) >= 11 is 0. The second-order valence-electron chi connectivity index (χ2n) is 13.8. The van der Waals surface area contributed by atoms with Gasteiger partial charge in [-0.15, -0.1) is 0 Å². The van der Waals surface area contributed by atoms with Crippen LogP contribution >= 0.6 is 0 Å². The van der Waals surface area contributed by atoms with E-state index in [1.54, 1.807) is 13.8 Å². The summed E-state index contributed by atoms with van der Waals surface area (Å²) in [5.41, 5.74) is -0.690. The average Bonchev–Trinajstić information content (AvgIpc) is 2.86. The van der Waals surface area contributed by atoms with Gasteiger partial charge in [0.05, 0.1) is 6.10 Å². The molecule has 0 aromatic carbocycles. The van der Waals surface area contributed by atoms with Crippen LogP contribution in [0.4, 0.5) is 0 Å². The van der Waals surface area contributed by atoms with E-state index in [9.17, 15) is 24.6 Å². The molecule has 6 nitrogen and oxygen atoms in total. The first-order valence-electron chi connectivity index (χ1n) is 16.0. The minimum atomic E-state index is -1.17. The van der Waals surface area contributed by atoms with Gasteiger partial charge in [-0.25, -0.2) is 0 Å². The van der Waals surface area contributed by atoms with Gasteiger partial charge in [-0.05, 0) is 30.6 Å². The van der Waals surface area contributed by atoms with Gasteiger partial charge in [0.15, 0.2) is 6.10 Å². The number of allylic oxidation sites excluding steroid dienone is 2. The maximum absolute atomic E-state index is 13.6. The van der Waals surface area contributed by atoms with Crippen LogP contribution in [0.3, 0.4) is 0 Å². The zero-order valence-electron chi connectivity index (χ0n) is 25.9. The van der Waals surface area contributed by atoms with Crippen molar-refractivity contribution in [1.82, 2.24) is 0 Å². The third-order valence-electron chi connectivity index (χ3n) is 9.83. The van der Waals surface area contributed by atoms with Crippen LogP contribution in [0.5, 0.6) is 0 Å². The van der Waals surface area contributed by atoms with Crippen molar-refractivity contribution in [3.8, 4) is 0 Å². The SMILES string of the molecule is CCCCCCCCCCCCCC(=O)O[C@H]1C2=C(C(=O)C(=O)C(C(C)C)=C2O)[C@@]2(C)CCCC(C)(C)[C@@H]2[C@@H]1O. The van der Waals surface area contributed by atoms with Gasteiger partial charge in [0.2, 0.25) is 11.6 Å². The lowest BCUT2D eigenvalue weighted by Gasteiger charge is -2.58. The number of carbonyl (C=O) groups excluding carboxylic acids is 3. The molecule has 0 amide bonds. The quantitative estimate of drug-likeness (QED) is 0.0979. The highest BCUT2D eigenvalue weighted by Crippen LogP contribution is 2.61. The van der Waals surface area contributed by atoms with Crippen LogP contribution in [0, 0.1) is 22.7 Å². The van der Waals surface area contributed by atoms with Gasteiger partial charge >= 0.3 is 5.97 Å². The lowest BCUT2D eigenvalue weighted by atomic mass is 9.47. The molecule has 6 heteroatoms. The van der Waals surface area contributed by atoms with E-state index >= 15 is 0 Å². The summed E-state index contributed by atoms with van der Waals surface area (Å²) in [6.07, 6.45) is 13.2. The van der Waals surface area contributed by atoms with Gasteiger partial charge in [-0.3, -0.25) is 14.4 Å². The predicted molar refractivity (Wildman–Crippen MR) is 158 cm³/mol. The second-order valence-corrected chi connectivity index (χ2v) is 13.8. The van der Waals surface area contributed by atoms with Crippen molar-refractivity contribution in [2.75, 3.05) is 0 Å². The Labute approximate surface area is 242 Å². The Balaban J connectivity index is 1.72. The molecule has 0 aliphatic heterocycles. The summed E-state index contributed by atoms with van der Waals surface area (Å²) in [6.45, 7) is 11.8. The first-order valence-corrected chi connectivity index (χ1v) is 16.0. The molecule has 0 aromatic heterocycles. The van der Waals surface area contributed by atoms with Crippen LogP contribution in [0.1, 0.15) is 138 Å². The fourth-order valence-electron chi connectivity index (χ4n) is 7.92. The third-order valence-corrected chi connectivity index (χ3v) is 9.83. The molecule has 0 heterocycles. The van der Waals surface area contributed by atoms with Crippen LogP contribution in [-0.4, -0.2) is 40.0 Å². The number of rotatable bonds is 14. The van der Waals surface area contributed by atoms with Crippen LogP contribution in [0.25, 0.3) is 0 Å². The highest BCUT2D eigenvalue weighted by Gasteiger charge is 2.62. The van der Waals surface area contributed by atoms with Gasteiger partial charge in [-0.2, -0.15) is 0 Å². The van der Waals surface area contributed by atoms with Gasteiger partial charge in [-0.1, -0.05) is 112 Å². The summed E-state index contributed by atoms with van der Waals surface area (Å²) < 4.78 is 5.93. The zero-order valence-corrected chi connectivity index (χ0v) is 25.9. The molecule has 3 aliphatic rings. The topological polar surface area (TPSA) is 101 Å². The fraction of sp³-hybridized carbons (Fsp3) is 0.794. The third kappa shape index (κ3) is 6.74. The Kier molecular flexibility index (Phi) is 11.2. The number of fused-ring (bicyclic) bond motifs is 2. The highest BCUT2D eigenvalue weighted by molar-refractivity contribution is 6.50. The van der Waals surface area contributed by atoms with E-state index in [4.69, 9.17) is 4.74 Å². The average molecular weight is 559 g/mol. The number of ether oxygens (including phenoxy) is 1. The summed E-state index contributed by atoms with van der Waals surface area (Å²) in [6, 6.07) is 0. The molecule has 3 rings (SSSR count). The largest absolute Gasteiger partial charge is 0.507 e. The molecule has 226 valence electrons. The summed E-state index contributed by atoms with van der Waals surface area (Å²) in [7, 11) is 0. The minimum Gasteiger partial charge on any atom is -0.507 e. The van der Waals surface area contributed by atoms with Crippen LogP contribution < -0.4 is 0 Å². The van der Waals surface area contributed by atoms with Crippen molar-refractivity contribution >= 4 is 17.5 Å². The molecule has 2 N–H and O–H groups in total. The molecule has 0 spiro atoms. The molecule has 0 radical (unpaired) electrons. The van der Waals surface area contributed by atoms with E-state index in [1.165, 1.54) is 51.4 Å². The van der Waals surface area contributed by atoms with Crippen LogP contribution in [0.2, 0.25) is 0 Å². The van der Waals surface area contributed by atoms with Crippen molar-refractivity contribution in [1.29, 1.82) is 0 Å². The van der Waals surface area contributed by atoms with Crippen molar-refractivity contribution in [2.24, 2.45) is 22.7 Å². The summed E-state index contributed by atoms with van der Waals surface area (Å²) in [5, 5.41) is 23.1. The van der Waals surface area contributed by atoms with E-state index in [0.717, 1.165) is 25.7 Å². The Morgan fingerprint density at radius 2 is 1.45 bits per heavy atom. The predicted octanol–water partition coefficient (Wildman–Crippen LogP) is 7.72. The first-order chi connectivity index (χ1) is 18.9. The van der Waals surface area contributed by atoms with Gasteiger partial charge in [0, 0.05) is 34.5 Å². The van der Waals surface area contributed by atoms with E-state index in [0.29, 0.717) is 12.8 Å². The monoisotopic (exact) mass is 558 g/mol.